The molecule has 1 aliphatic carbocycles. The first-order valence-corrected chi connectivity index (χ1v) is 12.4. The number of pyridine rings is 1. The van der Waals surface area contributed by atoms with Crippen LogP contribution in [0.3, 0.4) is 0 Å². The van der Waals surface area contributed by atoms with Crippen molar-refractivity contribution in [3.05, 3.63) is 30.1 Å². The van der Waals surface area contributed by atoms with Crippen molar-refractivity contribution in [2.45, 2.75) is 57.3 Å². The lowest BCUT2D eigenvalue weighted by Gasteiger charge is -2.34. The van der Waals surface area contributed by atoms with Gasteiger partial charge in [-0.15, -0.1) is 0 Å². The van der Waals surface area contributed by atoms with Crippen molar-refractivity contribution in [3.8, 4) is 0 Å². The molecule has 0 bridgehead atoms. The second-order valence-electron chi connectivity index (χ2n) is 9.54. The van der Waals surface area contributed by atoms with Gasteiger partial charge in [0.15, 0.2) is 0 Å². The molecule has 4 rings (SSSR count). The lowest BCUT2D eigenvalue weighted by Crippen LogP contribution is -2.46. The number of carbonyl (C=O) groups is 3. The lowest BCUT2D eigenvalue weighted by atomic mass is 9.94. The Morgan fingerprint density at radius 2 is 1.91 bits per heavy atom. The van der Waals surface area contributed by atoms with Crippen LogP contribution in [0.4, 0.5) is 0 Å². The maximum atomic E-state index is 13.4. The number of hydrogen-bond acceptors (Lipinski definition) is 6. The predicted octanol–water partition coefficient (Wildman–Crippen LogP) is 1.47. The van der Waals surface area contributed by atoms with Crippen LogP contribution >= 0.6 is 0 Å². The minimum absolute atomic E-state index is 0.0234. The van der Waals surface area contributed by atoms with E-state index >= 15 is 0 Å². The summed E-state index contributed by atoms with van der Waals surface area (Å²) in [5.74, 6) is -0.638. The van der Waals surface area contributed by atoms with Crippen LogP contribution in [0.2, 0.25) is 0 Å². The van der Waals surface area contributed by atoms with Crippen molar-refractivity contribution in [1.82, 2.24) is 19.7 Å². The molecule has 9 heteroatoms. The molecule has 2 saturated heterocycles. The van der Waals surface area contributed by atoms with Gasteiger partial charge in [-0.05, 0) is 25.0 Å². The zero-order valence-electron chi connectivity index (χ0n) is 20.1. The van der Waals surface area contributed by atoms with Gasteiger partial charge < -0.3 is 24.2 Å². The molecule has 1 saturated carbocycles. The molecule has 0 radical (unpaired) electrons. The number of likely N-dealkylation sites (tertiary alicyclic amines) is 1. The number of rotatable bonds is 8. The van der Waals surface area contributed by atoms with Crippen molar-refractivity contribution >= 4 is 17.7 Å². The number of hydrogen-bond donors (Lipinski definition) is 0. The molecule has 34 heavy (non-hydrogen) atoms. The van der Waals surface area contributed by atoms with Crippen LogP contribution in [0, 0.1) is 5.92 Å². The summed E-state index contributed by atoms with van der Waals surface area (Å²) in [6.07, 6.45) is 7.05. The zero-order chi connectivity index (χ0) is 23.9. The molecule has 186 valence electrons. The van der Waals surface area contributed by atoms with E-state index in [4.69, 9.17) is 9.47 Å². The fourth-order valence-corrected chi connectivity index (χ4v) is 5.26. The van der Waals surface area contributed by atoms with Crippen molar-refractivity contribution in [1.29, 1.82) is 0 Å². The number of carbonyl (C=O) groups excluding carboxylic acids is 3. The van der Waals surface area contributed by atoms with Crippen LogP contribution in [-0.2, 0) is 30.5 Å². The standard InChI is InChI=1S/C25H36N4O5/c1-33-12-11-27-14-19(13-23(27)30)25(32)28-15-22(34-18-20-7-5-6-10-26-20)16-29(24(31)17-28)21-8-3-2-4-9-21/h5-7,10,19,21-22H,2-4,8-9,11-18H2,1H3. The fraction of sp³-hybridized carbons (Fsp3) is 0.680. The van der Waals surface area contributed by atoms with Crippen LogP contribution in [0.25, 0.3) is 0 Å². The quantitative estimate of drug-likeness (QED) is 0.569. The van der Waals surface area contributed by atoms with E-state index < -0.39 is 5.92 Å². The average Bonchev–Trinajstić information content (AvgIpc) is 3.15. The molecule has 3 heterocycles. The molecule has 0 N–H and O–H groups in total. The van der Waals surface area contributed by atoms with Crippen LogP contribution in [0.15, 0.2) is 24.4 Å². The molecule has 1 aromatic rings. The highest BCUT2D eigenvalue weighted by Crippen LogP contribution is 2.26. The summed E-state index contributed by atoms with van der Waals surface area (Å²) in [7, 11) is 1.59. The Morgan fingerprint density at radius 1 is 1.09 bits per heavy atom. The smallest absolute Gasteiger partial charge is 0.242 e. The Kier molecular flexibility index (Phi) is 8.50. The first-order chi connectivity index (χ1) is 16.5. The molecule has 2 atom stereocenters. The van der Waals surface area contributed by atoms with E-state index in [1.165, 1.54) is 6.42 Å². The largest absolute Gasteiger partial charge is 0.383 e. The van der Waals surface area contributed by atoms with Gasteiger partial charge in [-0.25, -0.2) is 0 Å². The Hall–Kier alpha value is -2.52. The Labute approximate surface area is 201 Å². The maximum absolute atomic E-state index is 13.4. The highest BCUT2D eigenvalue weighted by atomic mass is 16.5. The third kappa shape index (κ3) is 6.13. The van der Waals surface area contributed by atoms with Crippen LogP contribution < -0.4 is 0 Å². The van der Waals surface area contributed by atoms with Gasteiger partial charge in [0.2, 0.25) is 17.7 Å². The van der Waals surface area contributed by atoms with Crippen LogP contribution in [0.1, 0.15) is 44.2 Å². The van der Waals surface area contributed by atoms with Gasteiger partial charge in [-0.2, -0.15) is 0 Å². The van der Waals surface area contributed by atoms with E-state index in [0.717, 1.165) is 31.4 Å². The summed E-state index contributed by atoms with van der Waals surface area (Å²) in [5, 5.41) is 0. The molecule has 0 aromatic carbocycles. The fourth-order valence-electron chi connectivity index (χ4n) is 5.26. The molecule has 3 fully saturated rings. The Morgan fingerprint density at radius 3 is 2.65 bits per heavy atom. The minimum Gasteiger partial charge on any atom is -0.383 e. The summed E-state index contributed by atoms with van der Waals surface area (Å²) in [6, 6.07) is 5.88. The third-order valence-electron chi connectivity index (χ3n) is 7.12. The first-order valence-electron chi connectivity index (χ1n) is 12.4. The average molecular weight is 473 g/mol. The second-order valence-corrected chi connectivity index (χ2v) is 9.54. The topological polar surface area (TPSA) is 92.3 Å². The van der Waals surface area contributed by atoms with Crippen molar-refractivity contribution in [3.63, 3.8) is 0 Å². The summed E-state index contributed by atoms with van der Waals surface area (Å²) in [4.78, 5) is 48.7. The summed E-state index contributed by atoms with van der Waals surface area (Å²) in [6.45, 7) is 2.47. The molecule has 2 aliphatic heterocycles. The molecule has 3 aliphatic rings. The van der Waals surface area contributed by atoms with Crippen LogP contribution in [0.5, 0.6) is 0 Å². The number of nitrogens with zero attached hydrogens (tertiary/aromatic N) is 4. The molecule has 1 aromatic heterocycles. The Balaban J connectivity index is 1.46. The number of amides is 3. The van der Waals surface area contributed by atoms with Gasteiger partial charge in [0.05, 0.1) is 37.5 Å². The lowest BCUT2D eigenvalue weighted by molar-refractivity contribution is -0.142. The van der Waals surface area contributed by atoms with Gasteiger partial charge in [-0.3, -0.25) is 19.4 Å². The highest BCUT2D eigenvalue weighted by Gasteiger charge is 2.40. The second kappa shape index (κ2) is 11.8. The van der Waals surface area contributed by atoms with Crippen molar-refractivity contribution in [2.24, 2.45) is 5.92 Å². The number of aromatic nitrogens is 1. The zero-order valence-corrected chi connectivity index (χ0v) is 20.1. The maximum Gasteiger partial charge on any atom is 0.242 e. The highest BCUT2D eigenvalue weighted by molar-refractivity contribution is 5.91. The van der Waals surface area contributed by atoms with Gasteiger partial charge in [0.1, 0.15) is 0 Å². The van der Waals surface area contributed by atoms with E-state index in [0.29, 0.717) is 39.4 Å². The molecule has 3 amide bonds. The molecular weight excluding hydrogens is 436 g/mol. The molecule has 9 nitrogen and oxygen atoms in total. The van der Waals surface area contributed by atoms with E-state index in [-0.39, 0.29) is 42.8 Å². The first kappa shape index (κ1) is 24.6. The van der Waals surface area contributed by atoms with Crippen LogP contribution in [-0.4, -0.2) is 96.0 Å². The van der Waals surface area contributed by atoms with Gasteiger partial charge in [0.25, 0.3) is 0 Å². The van der Waals surface area contributed by atoms with Crippen molar-refractivity contribution in [2.75, 3.05) is 46.4 Å². The summed E-state index contributed by atoms with van der Waals surface area (Å²) in [5.41, 5.74) is 0.815. The summed E-state index contributed by atoms with van der Waals surface area (Å²) < 4.78 is 11.3. The van der Waals surface area contributed by atoms with E-state index in [1.807, 2.05) is 23.1 Å². The van der Waals surface area contributed by atoms with Crippen molar-refractivity contribution < 1.29 is 23.9 Å². The van der Waals surface area contributed by atoms with E-state index in [2.05, 4.69) is 4.98 Å². The number of ether oxygens (including phenoxy) is 2. The molecule has 2 unspecified atom stereocenters. The Bertz CT molecular complexity index is 845. The number of methoxy groups -OCH3 is 1. The van der Waals surface area contributed by atoms with E-state index in [9.17, 15) is 14.4 Å². The van der Waals surface area contributed by atoms with Gasteiger partial charge in [-0.1, -0.05) is 25.3 Å². The third-order valence-corrected chi connectivity index (χ3v) is 7.12. The van der Waals surface area contributed by atoms with Gasteiger partial charge in [0, 0.05) is 51.9 Å². The monoisotopic (exact) mass is 472 g/mol. The van der Waals surface area contributed by atoms with E-state index in [1.54, 1.807) is 23.1 Å². The minimum atomic E-state index is -0.435. The summed E-state index contributed by atoms with van der Waals surface area (Å²) >= 11 is 0. The normalized spacial score (nSPS) is 24.6. The SMILES string of the molecule is COCCN1CC(C(=O)N2CC(=O)N(C3CCCCC3)CC(OCc3ccccn3)C2)CC1=O. The molecule has 0 spiro atoms. The molecular formula is C25H36N4O5. The predicted molar refractivity (Wildman–Crippen MR) is 125 cm³/mol. The van der Waals surface area contributed by atoms with Gasteiger partial charge >= 0.3 is 0 Å².